The molecule has 2 rings (SSSR count). The molecular weight excluding hydrogens is 306 g/mol. The van der Waals surface area contributed by atoms with E-state index in [1.54, 1.807) is 13.2 Å². The number of para-hydroxylation sites is 1. The van der Waals surface area contributed by atoms with Gasteiger partial charge in [-0.15, -0.1) is 0 Å². The Hall–Kier alpha value is -2.82. The van der Waals surface area contributed by atoms with Gasteiger partial charge in [-0.05, 0) is 42.2 Å². The Morgan fingerprint density at radius 2 is 1.92 bits per heavy atom. The van der Waals surface area contributed by atoms with Gasteiger partial charge in [-0.25, -0.2) is 4.79 Å². The molecule has 24 heavy (non-hydrogen) atoms. The van der Waals surface area contributed by atoms with Crippen LogP contribution in [0.15, 0.2) is 42.5 Å². The van der Waals surface area contributed by atoms with Gasteiger partial charge in [-0.1, -0.05) is 31.2 Å². The Morgan fingerprint density at radius 3 is 2.58 bits per heavy atom. The van der Waals surface area contributed by atoms with Gasteiger partial charge in [0.1, 0.15) is 5.75 Å². The van der Waals surface area contributed by atoms with E-state index in [9.17, 15) is 9.59 Å². The lowest BCUT2D eigenvalue weighted by Gasteiger charge is -2.16. The first-order valence-corrected chi connectivity index (χ1v) is 7.69. The molecule has 0 radical (unpaired) electrons. The summed E-state index contributed by atoms with van der Waals surface area (Å²) in [6, 6.07) is 12.3. The maximum absolute atomic E-state index is 12.3. The van der Waals surface area contributed by atoms with E-state index in [-0.39, 0.29) is 23.8 Å². The number of aromatic carboxylic acids is 1. The zero-order chi connectivity index (χ0) is 17.7. The summed E-state index contributed by atoms with van der Waals surface area (Å²) in [5.74, 6) is -0.460. The number of nitrogens with one attached hydrogen (secondary N) is 1. The zero-order valence-corrected chi connectivity index (χ0v) is 14.0. The minimum Gasteiger partial charge on any atom is -0.496 e. The lowest BCUT2D eigenvalue weighted by molar-refractivity contribution is -0.116. The molecular formula is C19H21NO4. The smallest absolute Gasteiger partial charge is 0.335 e. The van der Waals surface area contributed by atoms with Crippen molar-refractivity contribution in [3.63, 3.8) is 0 Å². The maximum atomic E-state index is 12.3. The topological polar surface area (TPSA) is 75.6 Å². The molecule has 2 N–H and O–H groups in total. The van der Waals surface area contributed by atoms with E-state index >= 15 is 0 Å². The summed E-state index contributed by atoms with van der Waals surface area (Å²) in [4.78, 5) is 23.4. The second kappa shape index (κ2) is 7.64. The highest BCUT2D eigenvalue weighted by Crippen LogP contribution is 2.29. The predicted octanol–water partition coefficient (Wildman–Crippen LogP) is 3.83. The molecule has 0 heterocycles. The summed E-state index contributed by atoms with van der Waals surface area (Å²) in [7, 11) is 1.60. The van der Waals surface area contributed by atoms with E-state index in [0.29, 0.717) is 5.69 Å². The molecule has 1 amide bonds. The van der Waals surface area contributed by atoms with Crippen molar-refractivity contribution in [3.05, 3.63) is 59.2 Å². The highest BCUT2D eigenvalue weighted by atomic mass is 16.5. The number of rotatable bonds is 6. The van der Waals surface area contributed by atoms with Crippen LogP contribution in [-0.2, 0) is 4.79 Å². The van der Waals surface area contributed by atoms with Crippen LogP contribution in [0.3, 0.4) is 0 Å². The SMILES string of the molecule is COc1ccccc1C(C)CC(=O)Nc1cc(C(=O)O)ccc1C. The number of hydrogen-bond acceptors (Lipinski definition) is 3. The van der Waals surface area contributed by atoms with E-state index in [4.69, 9.17) is 9.84 Å². The van der Waals surface area contributed by atoms with Gasteiger partial charge in [0, 0.05) is 12.1 Å². The van der Waals surface area contributed by atoms with Crippen LogP contribution in [0.4, 0.5) is 5.69 Å². The third-order valence-corrected chi connectivity index (χ3v) is 3.92. The van der Waals surface area contributed by atoms with Gasteiger partial charge in [0.25, 0.3) is 0 Å². The van der Waals surface area contributed by atoms with Gasteiger partial charge in [-0.3, -0.25) is 4.79 Å². The fourth-order valence-corrected chi connectivity index (χ4v) is 2.55. The second-order valence-electron chi connectivity index (χ2n) is 5.73. The van der Waals surface area contributed by atoms with Crippen LogP contribution in [0.25, 0.3) is 0 Å². The standard InChI is InChI=1S/C19H21NO4/c1-12-8-9-14(19(22)23)11-16(12)20-18(21)10-13(2)15-6-4-5-7-17(15)24-3/h4-9,11,13H,10H2,1-3H3,(H,20,21)(H,22,23). The first-order valence-electron chi connectivity index (χ1n) is 7.69. The molecule has 2 aromatic carbocycles. The molecule has 0 aliphatic rings. The minimum absolute atomic E-state index is 0.0240. The fourth-order valence-electron chi connectivity index (χ4n) is 2.55. The Kier molecular flexibility index (Phi) is 5.58. The van der Waals surface area contributed by atoms with Crippen molar-refractivity contribution in [1.29, 1.82) is 0 Å². The third-order valence-electron chi connectivity index (χ3n) is 3.92. The highest BCUT2D eigenvalue weighted by Gasteiger charge is 2.16. The van der Waals surface area contributed by atoms with E-state index in [0.717, 1.165) is 16.9 Å². The quantitative estimate of drug-likeness (QED) is 0.845. The molecule has 0 aliphatic carbocycles. The van der Waals surface area contributed by atoms with Crippen molar-refractivity contribution < 1.29 is 19.4 Å². The average Bonchev–Trinajstić information content (AvgIpc) is 2.56. The van der Waals surface area contributed by atoms with Gasteiger partial charge >= 0.3 is 5.97 Å². The minimum atomic E-state index is -1.02. The maximum Gasteiger partial charge on any atom is 0.335 e. The van der Waals surface area contributed by atoms with E-state index in [1.165, 1.54) is 12.1 Å². The molecule has 1 atom stereocenters. The van der Waals surface area contributed by atoms with Crippen molar-refractivity contribution in [2.45, 2.75) is 26.2 Å². The molecule has 5 heteroatoms. The molecule has 126 valence electrons. The van der Waals surface area contributed by atoms with Crippen molar-refractivity contribution >= 4 is 17.6 Å². The highest BCUT2D eigenvalue weighted by molar-refractivity contribution is 5.95. The molecule has 0 spiro atoms. The lowest BCUT2D eigenvalue weighted by atomic mass is 9.96. The van der Waals surface area contributed by atoms with Gasteiger partial charge in [0.15, 0.2) is 0 Å². The number of carboxylic acid groups (broad SMARTS) is 1. The van der Waals surface area contributed by atoms with Crippen LogP contribution < -0.4 is 10.1 Å². The average molecular weight is 327 g/mol. The molecule has 0 bridgehead atoms. The number of ether oxygens (including phenoxy) is 1. The van der Waals surface area contributed by atoms with E-state index < -0.39 is 5.97 Å². The number of hydrogen-bond donors (Lipinski definition) is 2. The number of benzene rings is 2. The number of anilines is 1. The predicted molar refractivity (Wildman–Crippen MR) is 92.8 cm³/mol. The van der Waals surface area contributed by atoms with Crippen LogP contribution in [-0.4, -0.2) is 24.1 Å². The Labute approximate surface area is 141 Å². The van der Waals surface area contributed by atoms with Gasteiger partial charge < -0.3 is 15.2 Å². The molecule has 0 saturated carbocycles. The molecule has 0 fully saturated rings. The van der Waals surface area contributed by atoms with Gasteiger partial charge in [0.2, 0.25) is 5.91 Å². The van der Waals surface area contributed by atoms with Crippen LogP contribution in [0, 0.1) is 6.92 Å². The molecule has 2 aromatic rings. The largest absolute Gasteiger partial charge is 0.496 e. The molecule has 0 aromatic heterocycles. The summed E-state index contributed by atoms with van der Waals surface area (Å²) in [6.45, 7) is 3.78. The normalized spacial score (nSPS) is 11.6. The molecule has 5 nitrogen and oxygen atoms in total. The summed E-state index contributed by atoms with van der Waals surface area (Å²) in [5.41, 5.74) is 2.45. The first-order chi connectivity index (χ1) is 11.4. The third kappa shape index (κ3) is 4.13. The monoisotopic (exact) mass is 327 g/mol. The number of amides is 1. The van der Waals surface area contributed by atoms with E-state index in [2.05, 4.69) is 5.32 Å². The second-order valence-corrected chi connectivity index (χ2v) is 5.73. The summed E-state index contributed by atoms with van der Waals surface area (Å²) in [6.07, 6.45) is 0.275. The number of aryl methyl sites for hydroxylation is 1. The van der Waals surface area contributed by atoms with Crippen LogP contribution in [0.5, 0.6) is 5.75 Å². The summed E-state index contributed by atoms with van der Waals surface area (Å²) in [5, 5.41) is 11.9. The molecule has 1 unspecified atom stereocenters. The van der Waals surface area contributed by atoms with E-state index in [1.807, 2.05) is 38.1 Å². The number of carbonyl (C=O) groups excluding carboxylic acids is 1. The summed E-state index contributed by atoms with van der Waals surface area (Å²) >= 11 is 0. The lowest BCUT2D eigenvalue weighted by Crippen LogP contribution is -2.16. The van der Waals surface area contributed by atoms with Gasteiger partial charge in [-0.2, -0.15) is 0 Å². The molecule has 0 saturated heterocycles. The van der Waals surface area contributed by atoms with Crippen LogP contribution in [0.1, 0.15) is 40.7 Å². The van der Waals surface area contributed by atoms with Crippen molar-refractivity contribution in [3.8, 4) is 5.75 Å². The number of carbonyl (C=O) groups is 2. The number of methoxy groups -OCH3 is 1. The first kappa shape index (κ1) is 17.5. The summed E-state index contributed by atoms with van der Waals surface area (Å²) < 4.78 is 5.33. The van der Waals surface area contributed by atoms with Crippen molar-refractivity contribution in [2.24, 2.45) is 0 Å². The number of carboxylic acids is 1. The fraction of sp³-hybridized carbons (Fsp3) is 0.263. The Bertz CT molecular complexity index is 755. The van der Waals surface area contributed by atoms with Crippen LogP contribution in [0.2, 0.25) is 0 Å². The van der Waals surface area contributed by atoms with Crippen molar-refractivity contribution in [1.82, 2.24) is 0 Å². The Morgan fingerprint density at radius 1 is 1.21 bits per heavy atom. The van der Waals surface area contributed by atoms with Crippen LogP contribution >= 0.6 is 0 Å². The van der Waals surface area contributed by atoms with Gasteiger partial charge in [0.05, 0.1) is 12.7 Å². The molecule has 0 aliphatic heterocycles. The zero-order valence-electron chi connectivity index (χ0n) is 14.0. The van der Waals surface area contributed by atoms with Crippen molar-refractivity contribution in [2.75, 3.05) is 12.4 Å². The Balaban J connectivity index is 2.11.